The Morgan fingerprint density at radius 3 is 2.43 bits per heavy atom. The highest BCUT2D eigenvalue weighted by atomic mass is 16.6. The molecule has 2 saturated heterocycles. The Kier molecular flexibility index (Phi) is 7.40. The van der Waals surface area contributed by atoms with Crippen LogP contribution in [0.1, 0.15) is 73.6 Å². The summed E-state index contributed by atoms with van der Waals surface area (Å²) in [4.78, 5) is 45.6. The molecule has 1 unspecified atom stereocenters. The first-order valence-electron chi connectivity index (χ1n) is 13.7. The van der Waals surface area contributed by atoms with Gasteiger partial charge >= 0.3 is 5.97 Å². The zero-order valence-electron chi connectivity index (χ0n) is 23.3. The zero-order chi connectivity index (χ0) is 27.2. The molecular formula is C29H44N2O6. The third-order valence-corrected chi connectivity index (χ3v) is 8.25. The van der Waals surface area contributed by atoms with Gasteiger partial charge in [-0.1, -0.05) is 45.1 Å². The van der Waals surface area contributed by atoms with E-state index in [1.54, 1.807) is 4.90 Å². The molecule has 0 bridgehead atoms. The lowest BCUT2D eigenvalue weighted by atomic mass is 9.74. The predicted molar refractivity (Wildman–Crippen MR) is 139 cm³/mol. The molecule has 4 rings (SSSR count). The van der Waals surface area contributed by atoms with Gasteiger partial charge in [-0.25, -0.2) is 0 Å². The second kappa shape index (κ2) is 9.84. The summed E-state index contributed by atoms with van der Waals surface area (Å²) in [5.74, 6) is -2.58. The van der Waals surface area contributed by atoms with Gasteiger partial charge in [0.05, 0.1) is 18.1 Å². The van der Waals surface area contributed by atoms with Crippen LogP contribution in [0.25, 0.3) is 0 Å². The maximum Gasteiger partial charge on any atom is 0.313 e. The molecule has 2 fully saturated rings. The van der Waals surface area contributed by atoms with Crippen LogP contribution in [-0.2, 0) is 23.9 Å². The van der Waals surface area contributed by atoms with E-state index in [9.17, 15) is 19.5 Å². The summed E-state index contributed by atoms with van der Waals surface area (Å²) in [6.07, 6.45) is 11.0. The summed E-state index contributed by atoms with van der Waals surface area (Å²) in [5, 5.41) is 9.38. The highest BCUT2D eigenvalue weighted by molar-refractivity contribution is 5.99. The van der Waals surface area contributed by atoms with E-state index in [0.717, 1.165) is 12.8 Å². The molecule has 0 aromatic rings. The van der Waals surface area contributed by atoms with Crippen molar-refractivity contribution in [3.05, 3.63) is 24.3 Å². The van der Waals surface area contributed by atoms with Crippen LogP contribution in [0.5, 0.6) is 0 Å². The largest absolute Gasteiger partial charge is 0.465 e. The number of carbonyl (C=O) groups is 3. The van der Waals surface area contributed by atoms with Crippen LogP contribution in [0, 0.1) is 17.3 Å². The minimum absolute atomic E-state index is 0.00811. The van der Waals surface area contributed by atoms with Gasteiger partial charge in [0.15, 0.2) is 0 Å². The van der Waals surface area contributed by atoms with E-state index in [4.69, 9.17) is 9.47 Å². The van der Waals surface area contributed by atoms with Crippen LogP contribution in [0.15, 0.2) is 24.3 Å². The van der Waals surface area contributed by atoms with Crippen molar-refractivity contribution >= 4 is 17.8 Å². The van der Waals surface area contributed by atoms with Gasteiger partial charge in [0.25, 0.3) is 0 Å². The number of allylic oxidation sites excluding steroid dienone is 1. The number of likely N-dealkylation sites (tertiary alicyclic amines) is 1. The van der Waals surface area contributed by atoms with E-state index in [1.165, 1.54) is 0 Å². The van der Waals surface area contributed by atoms with Crippen molar-refractivity contribution in [1.29, 1.82) is 0 Å². The summed E-state index contributed by atoms with van der Waals surface area (Å²) in [6.45, 7) is 13.4. The Balaban J connectivity index is 1.82. The van der Waals surface area contributed by atoms with Crippen LogP contribution in [0.3, 0.4) is 0 Å². The molecule has 206 valence electrons. The lowest BCUT2D eigenvalue weighted by molar-refractivity contribution is -0.160. The van der Waals surface area contributed by atoms with Crippen LogP contribution in [0.2, 0.25) is 0 Å². The summed E-state index contributed by atoms with van der Waals surface area (Å²) >= 11 is 0. The summed E-state index contributed by atoms with van der Waals surface area (Å²) in [6, 6.07) is -0.893. The van der Waals surface area contributed by atoms with Crippen molar-refractivity contribution in [3.8, 4) is 0 Å². The van der Waals surface area contributed by atoms with Gasteiger partial charge in [-0.15, -0.1) is 0 Å². The second-order valence-electron chi connectivity index (χ2n) is 13.1. The smallest absolute Gasteiger partial charge is 0.313 e. The first-order valence-corrected chi connectivity index (χ1v) is 13.7. The van der Waals surface area contributed by atoms with Gasteiger partial charge in [0, 0.05) is 25.2 Å². The molecule has 5 atom stereocenters. The Morgan fingerprint density at radius 1 is 1.03 bits per heavy atom. The topological polar surface area (TPSA) is 96.4 Å². The fourth-order valence-electron chi connectivity index (χ4n) is 7.21. The van der Waals surface area contributed by atoms with E-state index >= 15 is 0 Å². The maximum atomic E-state index is 14.5. The van der Waals surface area contributed by atoms with Gasteiger partial charge in [-0.2, -0.15) is 0 Å². The molecule has 0 aromatic carbocycles. The standard InChI is InChI=1S/C29H44N2O6/c1-26(2,3)19-27(4,5)31-16-12-14-29-20(23(33)30(15-9-10-17-32)22(29)24(31)34)21-25(35)36-18-11-7-8-13-28(21,6)37-29/h8,12-14,20-22,32H,7,9-11,15-19H2,1-6H3/b13-8-/t20-,21+,22?,28-,29-/m0/s1. The first-order chi connectivity index (χ1) is 17.3. The Bertz CT molecular complexity index is 981. The number of unbranched alkanes of at least 4 members (excludes halogenated alkanes) is 1. The molecule has 0 aromatic heterocycles. The highest BCUT2D eigenvalue weighted by Gasteiger charge is 2.74. The number of hydrogen-bond acceptors (Lipinski definition) is 6. The van der Waals surface area contributed by atoms with Gasteiger partial charge in [-0.05, 0) is 58.3 Å². The van der Waals surface area contributed by atoms with Crippen molar-refractivity contribution in [2.24, 2.45) is 17.3 Å². The van der Waals surface area contributed by atoms with E-state index in [1.807, 2.05) is 36.1 Å². The van der Waals surface area contributed by atoms with Gasteiger partial charge in [-0.3, -0.25) is 14.4 Å². The monoisotopic (exact) mass is 516 g/mol. The fourth-order valence-corrected chi connectivity index (χ4v) is 7.21. The summed E-state index contributed by atoms with van der Waals surface area (Å²) < 4.78 is 12.4. The van der Waals surface area contributed by atoms with Crippen LogP contribution >= 0.6 is 0 Å². The van der Waals surface area contributed by atoms with Crippen LogP contribution in [-0.4, -0.2) is 81.8 Å². The Morgan fingerprint density at radius 2 is 1.76 bits per heavy atom. The maximum absolute atomic E-state index is 14.5. The van der Waals surface area contributed by atoms with Gasteiger partial charge in [0.2, 0.25) is 11.8 Å². The number of esters is 1. The van der Waals surface area contributed by atoms with Crippen LogP contribution in [0.4, 0.5) is 0 Å². The third-order valence-electron chi connectivity index (χ3n) is 8.25. The fraction of sp³-hybridized carbons (Fsp3) is 0.759. The van der Waals surface area contributed by atoms with E-state index in [-0.39, 0.29) is 30.4 Å². The molecule has 0 aliphatic carbocycles. The van der Waals surface area contributed by atoms with Gasteiger partial charge in [0.1, 0.15) is 17.6 Å². The molecule has 37 heavy (non-hydrogen) atoms. The Hall–Kier alpha value is -2.19. The normalized spacial score (nSPS) is 35.2. The zero-order valence-corrected chi connectivity index (χ0v) is 23.3. The molecule has 4 aliphatic rings. The number of amides is 2. The molecule has 0 saturated carbocycles. The summed E-state index contributed by atoms with van der Waals surface area (Å²) in [7, 11) is 0. The van der Waals surface area contributed by atoms with Crippen molar-refractivity contribution in [2.75, 3.05) is 26.3 Å². The quantitative estimate of drug-likeness (QED) is 0.331. The molecule has 1 spiro atoms. The number of nitrogens with zero attached hydrogens (tertiary/aromatic N) is 2. The molecule has 8 heteroatoms. The minimum atomic E-state index is -1.28. The minimum Gasteiger partial charge on any atom is -0.465 e. The van der Waals surface area contributed by atoms with Crippen LogP contribution < -0.4 is 0 Å². The molecule has 1 N–H and O–H groups in total. The number of carbonyl (C=O) groups excluding carboxylic acids is 3. The van der Waals surface area contributed by atoms with Crippen molar-refractivity contribution in [3.63, 3.8) is 0 Å². The molecule has 0 radical (unpaired) electrons. The molecule has 4 aliphatic heterocycles. The second-order valence-corrected chi connectivity index (χ2v) is 13.1. The number of ether oxygens (including phenoxy) is 2. The molecule has 8 nitrogen and oxygen atoms in total. The lowest BCUT2D eigenvalue weighted by Crippen LogP contribution is -2.60. The number of fused-ring (bicyclic) bond motifs is 2. The van der Waals surface area contributed by atoms with Crippen molar-refractivity contribution in [2.45, 2.75) is 96.4 Å². The number of aliphatic hydroxyl groups excluding tert-OH is 1. The van der Waals surface area contributed by atoms with Crippen molar-refractivity contribution < 1.29 is 29.0 Å². The molecule has 2 amide bonds. The van der Waals surface area contributed by atoms with E-state index in [2.05, 4.69) is 34.6 Å². The van der Waals surface area contributed by atoms with Gasteiger partial charge < -0.3 is 24.4 Å². The number of hydrogen-bond donors (Lipinski definition) is 1. The molecular weight excluding hydrogens is 472 g/mol. The lowest BCUT2D eigenvalue weighted by Gasteiger charge is -2.44. The summed E-state index contributed by atoms with van der Waals surface area (Å²) in [5.41, 5.74) is -2.83. The SMILES string of the molecule is CC(C)(C)CC(C)(C)N1CC=C[C@]23O[C@@]4(C)/C=C\CCCOC(=O)[C@H]4[C@H]2C(=O)N(CCCCO)C3C1=O. The number of rotatable bonds is 6. The third kappa shape index (κ3) is 4.87. The number of cyclic esters (lactones) is 1. The average molecular weight is 517 g/mol. The van der Waals surface area contributed by atoms with E-state index in [0.29, 0.717) is 32.4 Å². The van der Waals surface area contributed by atoms with E-state index < -0.39 is 40.6 Å². The first kappa shape index (κ1) is 27.8. The van der Waals surface area contributed by atoms with Crippen molar-refractivity contribution in [1.82, 2.24) is 9.80 Å². The average Bonchev–Trinajstić information content (AvgIpc) is 3.11. The predicted octanol–water partition coefficient (Wildman–Crippen LogP) is 3.24. The number of aliphatic hydroxyl groups is 1. The molecule has 4 heterocycles. The highest BCUT2D eigenvalue weighted by Crippen LogP contribution is 2.57. The Labute approximate surface area is 221 Å².